The highest BCUT2D eigenvalue weighted by atomic mass is 16.6. The van der Waals surface area contributed by atoms with Crippen LogP contribution in [0.4, 0.5) is 11.4 Å². The molecular formula is C19H27N5O4. The van der Waals surface area contributed by atoms with E-state index in [1.165, 1.54) is 6.07 Å². The number of piperidine rings is 1. The van der Waals surface area contributed by atoms with Crippen LogP contribution in [-0.2, 0) is 9.59 Å². The number of hydrogen-bond acceptors (Lipinski definition) is 6. The normalized spacial score (nSPS) is 18.8. The number of likely N-dealkylation sites (tertiary alicyclic amines) is 1. The van der Waals surface area contributed by atoms with Gasteiger partial charge in [-0.1, -0.05) is 6.07 Å². The lowest BCUT2D eigenvalue weighted by Crippen LogP contribution is -2.52. The molecule has 2 aliphatic rings. The van der Waals surface area contributed by atoms with Crippen molar-refractivity contribution in [3.63, 3.8) is 0 Å². The Morgan fingerprint density at radius 2 is 1.82 bits per heavy atom. The minimum atomic E-state index is -0.384. The molecule has 0 atom stereocenters. The Labute approximate surface area is 164 Å². The Morgan fingerprint density at radius 3 is 2.43 bits per heavy atom. The summed E-state index contributed by atoms with van der Waals surface area (Å²) in [5.41, 5.74) is 0.936. The first-order valence-electron chi connectivity index (χ1n) is 9.69. The van der Waals surface area contributed by atoms with E-state index in [4.69, 9.17) is 0 Å². The number of anilines is 1. The second-order valence-corrected chi connectivity index (χ2v) is 7.39. The van der Waals surface area contributed by atoms with Gasteiger partial charge in [-0.15, -0.1) is 0 Å². The molecule has 0 aromatic heterocycles. The van der Waals surface area contributed by atoms with E-state index < -0.39 is 0 Å². The average Bonchev–Trinajstić information content (AvgIpc) is 2.69. The molecule has 0 aliphatic carbocycles. The van der Waals surface area contributed by atoms with Gasteiger partial charge in [0.15, 0.2) is 0 Å². The third kappa shape index (κ3) is 5.19. The standard InChI is InChI=1S/C19H27N5O4/c1-15(25)22-7-5-16(6-8-22)20-19(26)14-21-9-11-23(12-10-21)17-3-2-4-18(13-17)24(27)28/h2-4,13,16H,5-12,14H2,1H3,(H,20,26). The van der Waals surface area contributed by atoms with Crippen LogP contribution in [0, 0.1) is 10.1 Å². The summed E-state index contributed by atoms with van der Waals surface area (Å²) in [5, 5.41) is 14.0. The fourth-order valence-electron chi connectivity index (χ4n) is 3.78. The molecule has 0 saturated carbocycles. The van der Waals surface area contributed by atoms with E-state index in [2.05, 4.69) is 15.1 Å². The Bertz CT molecular complexity index is 725. The van der Waals surface area contributed by atoms with E-state index in [0.29, 0.717) is 19.6 Å². The van der Waals surface area contributed by atoms with Crippen molar-refractivity contribution in [2.45, 2.75) is 25.8 Å². The number of hydrogen-bond donors (Lipinski definition) is 1. The minimum Gasteiger partial charge on any atom is -0.369 e. The SMILES string of the molecule is CC(=O)N1CCC(NC(=O)CN2CCN(c3cccc([N+](=O)[O-])c3)CC2)CC1. The summed E-state index contributed by atoms with van der Waals surface area (Å²) in [6.07, 6.45) is 1.60. The molecule has 0 radical (unpaired) electrons. The summed E-state index contributed by atoms with van der Waals surface area (Å²) in [6.45, 7) is 6.25. The monoisotopic (exact) mass is 389 g/mol. The number of nitrogens with zero attached hydrogens (tertiary/aromatic N) is 4. The zero-order valence-corrected chi connectivity index (χ0v) is 16.2. The molecule has 2 fully saturated rings. The largest absolute Gasteiger partial charge is 0.369 e. The number of nitro groups is 1. The number of piperazine rings is 1. The first-order chi connectivity index (χ1) is 13.4. The summed E-state index contributed by atoms with van der Waals surface area (Å²) >= 11 is 0. The summed E-state index contributed by atoms with van der Waals surface area (Å²) in [6, 6.07) is 6.79. The van der Waals surface area contributed by atoms with Gasteiger partial charge >= 0.3 is 0 Å². The first kappa shape index (κ1) is 20.1. The maximum Gasteiger partial charge on any atom is 0.271 e. The highest BCUT2D eigenvalue weighted by Gasteiger charge is 2.24. The van der Waals surface area contributed by atoms with Crippen LogP contribution in [0.1, 0.15) is 19.8 Å². The Kier molecular flexibility index (Phi) is 6.45. The van der Waals surface area contributed by atoms with E-state index in [9.17, 15) is 19.7 Å². The molecule has 2 heterocycles. The second-order valence-electron chi connectivity index (χ2n) is 7.39. The fraction of sp³-hybridized carbons (Fsp3) is 0.579. The molecule has 1 aromatic carbocycles. The number of carbonyl (C=O) groups excluding carboxylic acids is 2. The molecule has 2 aliphatic heterocycles. The molecule has 152 valence electrons. The Balaban J connectivity index is 1.42. The molecule has 28 heavy (non-hydrogen) atoms. The van der Waals surface area contributed by atoms with Crippen LogP contribution in [0.3, 0.4) is 0 Å². The van der Waals surface area contributed by atoms with Crippen LogP contribution in [0.2, 0.25) is 0 Å². The predicted molar refractivity (Wildman–Crippen MR) is 105 cm³/mol. The zero-order valence-electron chi connectivity index (χ0n) is 16.2. The van der Waals surface area contributed by atoms with Crippen molar-refractivity contribution in [3.8, 4) is 0 Å². The zero-order chi connectivity index (χ0) is 20.1. The van der Waals surface area contributed by atoms with Gasteiger partial charge in [-0.05, 0) is 18.9 Å². The van der Waals surface area contributed by atoms with Crippen molar-refractivity contribution in [2.24, 2.45) is 0 Å². The first-order valence-corrected chi connectivity index (χ1v) is 9.69. The average molecular weight is 389 g/mol. The third-order valence-electron chi connectivity index (χ3n) is 5.45. The molecular weight excluding hydrogens is 362 g/mol. The van der Waals surface area contributed by atoms with Crippen molar-refractivity contribution >= 4 is 23.2 Å². The van der Waals surface area contributed by atoms with E-state index in [1.807, 2.05) is 11.0 Å². The lowest BCUT2D eigenvalue weighted by molar-refractivity contribution is -0.384. The topological polar surface area (TPSA) is 99.0 Å². The molecule has 3 rings (SSSR count). The molecule has 1 aromatic rings. The number of carbonyl (C=O) groups is 2. The van der Waals surface area contributed by atoms with E-state index >= 15 is 0 Å². The second kappa shape index (κ2) is 9.01. The van der Waals surface area contributed by atoms with Gasteiger partial charge in [0.05, 0.1) is 11.5 Å². The molecule has 1 N–H and O–H groups in total. The molecule has 9 heteroatoms. The number of nitro benzene ring substituents is 1. The van der Waals surface area contributed by atoms with E-state index in [0.717, 1.165) is 44.7 Å². The number of non-ortho nitro benzene ring substituents is 1. The Morgan fingerprint density at radius 1 is 1.14 bits per heavy atom. The molecule has 2 saturated heterocycles. The number of amides is 2. The Hall–Kier alpha value is -2.68. The van der Waals surface area contributed by atoms with Gasteiger partial charge in [-0.25, -0.2) is 0 Å². The van der Waals surface area contributed by atoms with Gasteiger partial charge in [0.25, 0.3) is 5.69 Å². The quantitative estimate of drug-likeness (QED) is 0.592. The number of nitrogens with one attached hydrogen (secondary N) is 1. The third-order valence-corrected chi connectivity index (χ3v) is 5.45. The minimum absolute atomic E-state index is 0.0186. The van der Waals surface area contributed by atoms with Crippen LogP contribution in [0.25, 0.3) is 0 Å². The van der Waals surface area contributed by atoms with Crippen LogP contribution in [0.5, 0.6) is 0 Å². The van der Waals surface area contributed by atoms with E-state index in [-0.39, 0.29) is 28.5 Å². The molecule has 0 unspecified atom stereocenters. The highest BCUT2D eigenvalue weighted by Crippen LogP contribution is 2.22. The summed E-state index contributed by atoms with van der Waals surface area (Å²) < 4.78 is 0. The van der Waals surface area contributed by atoms with Gasteiger partial charge in [-0.2, -0.15) is 0 Å². The number of rotatable bonds is 5. The van der Waals surface area contributed by atoms with Crippen LogP contribution in [0.15, 0.2) is 24.3 Å². The summed E-state index contributed by atoms with van der Waals surface area (Å²) in [4.78, 5) is 40.3. The van der Waals surface area contributed by atoms with E-state index in [1.54, 1.807) is 19.1 Å². The van der Waals surface area contributed by atoms with Gasteiger partial charge in [0, 0.05) is 70.1 Å². The lowest BCUT2D eigenvalue weighted by atomic mass is 10.1. The van der Waals surface area contributed by atoms with Gasteiger partial charge in [0.2, 0.25) is 11.8 Å². The summed E-state index contributed by atoms with van der Waals surface area (Å²) in [5.74, 6) is 0.108. The molecule has 9 nitrogen and oxygen atoms in total. The van der Waals surface area contributed by atoms with Gasteiger partial charge < -0.3 is 15.1 Å². The smallest absolute Gasteiger partial charge is 0.271 e. The lowest BCUT2D eigenvalue weighted by Gasteiger charge is -2.36. The highest BCUT2D eigenvalue weighted by molar-refractivity contribution is 5.78. The summed E-state index contributed by atoms with van der Waals surface area (Å²) in [7, 11) is 0. The van der Waals surface area contributed by atoms with Crippen molar-refractivity contribution in [1.82, 2.24) is 15.1 Å². The molecule has 0 bridgehead atoms. The maximum absolute atomic E-state index is 12.3. The van der Waals surface area contributed by atoms with Crippen molar-refractivity contribution in [1.29, 1.82) is 0 Å². The van der Waals surface area contributed by atoms with Crippen molar-refractivity contribution in [3.05, 3.63) is 34.4 Å². The van der Waals surface area contributed by atoms with Gasteiger partial charge in [0.1, 0.15) is 0 Å². The number of benzene rings is 1. The van der Waals surface area contributed by atoms with Crippen LogP contribution in [-0.4, -0.2) is 78.4 Å². The fourth-order valence-corrected chi connectivity index (χ4v) is 3.78. The van der Waals surface area contributed by atoms with Crippen LogP contribution >= 0.6 is 0 Å². The van der Waals surface area contributed by atoms with Gasteiger partial charge in [-0.3, -0.25) is 24.6 Å². The maximum atomic E-state index is 12.3. The van der Waals surface area contributed by atoms with Crippen molar-refractivity contribution in [2.75, 3.05) is 50.7 Å². The van der Waals surface area contributed by atoms with Crippen LogP contribution < -0.4 is 10.2 Å². The predicted octanol–water partition coefficient (Wildman–Crippen LogP) is 0.844. The molecule has 2 amide bonds. The molecule has 0 spiro atoms. The van der Waals surface area contributed by atoms with Crippen molar-refractivity contribution < 1.29 is 14.5 Å².